The van der Waals surface area contributed by atoms with Crippen LogP contribution in [-0.2, 0) is 20.7 Å². The second-order valence-electron chi connectivity index (χ2n) is 6.29. The molecule has 0 aromatic carbocycles. The van der Waals surface area contributed by atoms with Gasteiger partial charge in [-0.05, 0) is 56.4 Å². The van der Waals surface area contributed by atoms with Crippen LogP contribution in [0.1, 0.15) is 28.8 Å². The van der Waals surface area contributed by atoms with Crippen molar-refractivity contribution in [1.82, 2.24) is 0 Å². The first-order valence-corrected chi connectivity index (χ1v) is 9.11. The molecule has 132 valence electrons. The molecular weight excluding hydrogens is 338 g/mol. The Balaban J connectivity index is 2.13. The lowest BCUT2D eigenvalue weighted by atomic mass is 9.93. The molecule has 3 rings (SSSR count). The van der Waals surface area contributed by atoms with E-state index in [2.05, 4.69) is 18.7 Å². The molecule has 5 nitrogen and oxygen atoms in total. The molecule has 25 heavy (non-hydrogen) atoms. The van der Waals surface area contributed by atoms with Crippen molar-refractivity contribution in [2.45, 2.75) is 39.2 Å². The minimum absolute atomic E-state index is 0.0539. The number of methoxy groups -OCH3 is 1. The standard InChI is InChI=1S/C19H21NO4S/c1-11-12(2)25-18-13(11)6-4-5-9-20(18)16-8-7-14(19(22)23)17(24-3)15(16)10-21/h7-8,17H,4-6,9H2,1-3H3,(H,22,23). The van der Waals surface area contributed by atoms with E-state index in [-0.39, 0.29) is 11.1 Å². The SMILES string of the molecule is COC1C(=C=O)C(N2CCCCc3c2sc(C)c3C)=CC=C1C(=O)O. The van der Waals surface area contributed by atoms with Crippen molar-refractivity contribution in [2.24, 2.45) is 0 Å². The van der Waals surface area contributed by atoms with Crippen molar-refractivity contribution in [3.8, 4) is 0 Å². The Morgan fingerprint density at radius 2 is 2.12 bits per heavy atom. The maximum atomic E-state index is 11.7. The molecule has 0 spiro atoms. The number of ether oxygens (including phenoxy) is 1. The van der Waals surface area contributed by atoms with Crippen LogP contribution in [-0.4, -0.2) is 36.8 Å². The Morgan fingerprint density at radius 3 is 2.76 bits per heavy atom. The van der Waals surface area contributed by atoms with Crippen LogP contribution in [0.4, 0.5) is 5.00 Å². The maximum Gasteiger partial charge on any atom is 0.334 e. The van der Waals surface area contributed by atoms with Gasteiger partial charge in [-0.3, -0.25) is 0 Å². The smallest absolute Gasteiger partial charge is 0.334 e. The molecule has 0 saturated carbocycles. The van der Waals surface area contributed by atoms with Crippen LogP contribution in [0.15, 0.2) is 29.0 Å². The topological polar surface area (TPSA) is 66.8 Å². The van der Waals surface area contributed by atoms with Gasteiger partial charge in [0.25, 0.3) is 0 Å². The summed E-state index contributed by atoms with van der Waals surface area (Å²) in [4.78, 5) is 26.5. The molecule has 0 radical (unpaired) electrons. The summed E-state index contributed by atoms with van der Waals surface area (Å²) < 4.78 is 5.33. The molecule has 1 aromatic heterocycles. The van der Waals surface area contributed by atoms with Gasteiger partial charge in [0.2, 0.25) is 0 Å². The van der Waals surface area contributed by atoms with Crippen LogP contribution < -0.4 is 4.90 Å². The number of hydrogen-bond acceptors (Lipinski definition) is 5. The second-order valence-corrected chi connectivity index (χ2v) is 7.49. The number of nitrogens with zero attached hydrogens (tertiary/aromatic N) is 1. The molecule has 1 N–H and O–H groups in total. The fraction of sp³-hybridized carbons (Fsp3) is 0.421. The van der Waals surface area contributed by atoms with E-state index in [1.807, 2.05) is 5.94 Å². The molecule has 1 atom stereocenters. The summed E-state index contributed by atoms with van der Waals surface area (Å²) in [7, 11) is 1.41. The molecule has 1 aromatic rings. The van der Waals surface area contributed by atoms with Crippen LogP contribution in [0.3, 0.4) is 0 Å². The number of carboxylic acid groups (broad SMARTS) is 1. The van der Waals surface area contributed by atoms with Gasteiger partial charge in [-0.15, -0.1) is 11.3 Å². The van der Waals surface area contributed by atoms with E-state index in [1.165, 1.54) is 29.2 Å². The van der Waals surface area contributed by atoms with Crippen molar-refractivity contribution >= 4 is 28.2 Å². The third-order valence-corrected chi connectivity index (χ3v) is 6.19. The lowest BCUT2D eigenvalue weighted by Gasteiger charge is -2.31. The number of carboxylic acids is 1. The fourth-order valence-electron chi connectivity index (χ4n) is 3.48. The number of thiophene rings is 1. The Bertz CT molecular complexity index is 827. The Morgan fingerprint density at radius 1 is 1.36 bits per heavy atom. The summed E-state index contributed by atoms with van der Waals surface area (Å²) in [5.74, 6) is 0.853. The molecule has 1 aliphatic heterocycles. The number of aliphatic carboxylic acids is 1. The average molecular weight is 359 g/mol. The maximum absolute atomic E-state index is 11.7. The fourth-order valence-corrected chi connectivity index (χ4v) is 4.72. The zero-order valence-corrected chi connectivity index (χ0v) is 15.4. The van der Waals surface area contributed by atoms with Gasteiger partial charge in [0.05, 0.1) is 21.8 Å². The van der Waals surface area contributed by atoms with E-state index < -0.39 is 12.1 Å². The van der Waals surface area contributed by atoms with Gasteiger partial charge in [-0.1, -0.05) is 0 Å². The summed E-state index contributed by atoms with van der Waals surface area (Å²) >= 11 is 1.72. The highest BCUT2D eigenvalue weighted by atomic mass is 32.1. The van der Waals surface area contributed by atoms with E-state index in [0.717, 1.165) is 30.8 Å². The first-order chi connectivity index (χ1) is 12.0. The lowest BCUT2D eigenvalue weighted by Crippen LogP contribution is -2.33. The van der Waals surface area contributed by atoms with E-state index in [1.54, 1.807) is 17.4 Å². The summed E-state index contributed by atoms with van der Waals surface area (Å²) in [6, 6.07) is 0. The van der Waals surface area contributed by atoms with Crippen molar-refractivity contribution in [2.75, 3.05) is 18.6 Å². The van der Waals surface area contributed by atoms with Gasteiger partial charge in [-0.25, -0.2) is 9.59 Å². The largest absolute Gasteiger partial charge is 0.478 e. The first kappa shape index (κ1) is 17.7. The van der Waals surface area contributed by atoms with Gasteiger partial charge in [0.15, 0.2) is 0 Å². The van der Waals surface area contributed by atoms with E-state index in [0.29, 0.717) is 5.70 Å². The number of carbonyl (C=O) groups excluding carboxylic acids is 1. The summed E-state index contributed by atoms with van der Waals surface area (Å²) in [5.41, 5.74) is 3.63. The number of allylic oxidation sites excluding steroid dienone is 2. The van der Waals surface area contributed by atoms with Gasteiger partial charge >= 0.3 is 5.97 Å². The lowest BCUT2D eigenvalue weighted by molar-refractivity contribution is -0.133. The Labute approximate surface area is 150 Å². The molecule has 1 unspecified atom stereocenters. The van der Waals surface area contributed by atoms with Crippen LogP contribution in [0.25, 0.3) is 0 Å². The van der Waals surface area contributed by atoms with Gasteiger partial charge < -0.3 is 14.7 Å². The average Bonchev–Trinajstić information content (AvgIpc) is 2.76. The molecule has 0 fully saturated rings. The summed E-state index contributed by atoms with van der Waals surface area (Å²) in [6.45, 7) is 5.04. The van der Waals surface area contributed by atoms with Crippen molar-refractivity contribution < 1.29 is 19.4 Å². The van der Waals surface area contributed by atoms with Gasteiger partial charge in [0.1, 0.15) is 12.0 Å². The van der Waals surface area contributed by atoms with Crippen LogP contribution >= 0.6 is 11.3 Å². The Kier molecular flexibility index (Phi) is 4.95. The van der Waals surface area contributed by atoms with Crippen molar-refractivity contribution in [1.29, 1.82) is 0 Å². The highest BCUT2D eigenvalue weighted by Crippen LogP contribution is 2.42. The molecule has 2 aliphatic rings. The highest BCUT2D eigenvalue weighted by molar-refractivity contribution is 7.16. The van der Waals surface area contributed by atoms with Crippen LogP contribution in [0.2, 0.25) is 0 Å². The number of carbonyl (C=O) groups is 1. The molecule has 0 amide bonds. The Hall–Kier alpha value is -2.14. The third kappa shape index (κ3) is 2.97. The summed E-state index contributed by atoms with van der Waals surface area (Å²) in [6.07, 6.45) is 5.47. The number of fused-ring (bicyclic) bond motifs is 1. The summed E-state index contributed by atoms with van der Waals surface area (Å²) in [5, 5.41) is 10.5. The molecule has 1 aliphatic carbocycles. The third-order valence-electron chi connectivity index (χ3n) is 4.92. The normalized spacial score (nSPS) is 20.4. The number of aryl methyl sites for hydroxylation is 1. The second kappa shape index (κ2) is 7.00. The molecular formula is C19H21NO4S. The van der Waals surface area contributed by atoms with E-state index in [9.17, 15) is 14.7 Å². The van der Waals surface area contributed by atoms with Crippen molar-refractivity contribution in [3.05, 3.63) is 45.0 Å². The molecule has 0 saturated heterocycles. The molecule has 0 bridgehead atoms. The molecule has 6 heteroatoms. The quantitative estimate of drug-likeness (QED) is 0.840. The minimum atomic E-state index is -1.09. The van der Waals surface area contributed by atoms with Gasteiger partial charge in [-0.2, -0.15) is 0 Å². The first-order valence-electron chi connectivity index (χ1n) is 8.29. The van der Waals surface area contributed by atoms with E-state index >= 15 is 0 Å². The van der Waals surface area contributed by atoms with Gasteiger partial charge in [0, 0.05) is 18.5 Å². The minimum Gasteiger partial charge on any atom is -0.478 e. The number of hydrogen-bond donors (Lipinski definition) is 1. The van der Waals surface area contributed by atoms with Crippen molar-refractivity contribution in [3.63, 3.8) is 0 Å². The highest BCUT2D eigenvalue weighted by Gasteiger charge is 2.34. The monoisotopic (exact) mass is 359 g/mol. The predicted molar refractivity (Wildman–Crippen MR) is 97.9 cm³/mol. The van der Waals surface area contributed by atoms with Crippen LogP contribution in [0, 0.1) is 13.8 Å². The van der Waals surface area contributed by atoms with E-state index in [4.69, 9.17) is 4.74 Å². The molecule has 2 heterocycles. The number of rotatable bonds is 3. The number of anilines is 1. The predicted octanol–water partition coefficient (Wildman–Crippen LogP) is 3.19. The van der Waals surface area contributed by atoms with Crippen LogP contribution in [0.5, 0.6) is 0 Å². The zero-order valence-electron chi connectivity index (χ0n) is 14.6. The zero-order chi connectivity index (χ0) is 18.1.